The first kappa shape index (κ1) is 16.8. The van der Waals surface area contributed by atoms with E-state index >= 15 is 0 Å². The third-order valence-corrected chi connectivity index (χ3v) is 3.85. The van der Waals surface area contributed by atoms with E-state index in [-0.39, 0.29) is 0 Å². The number of hydrogen-bond donors (Lipinski definition) is 0. The number of hydrogen-bond acceptors (Lipinski definition) is 3. The molecule has 22 heavy (non-hydrogen) atoms. The van der Waals surface area contributed by atoms with Crippen molar-refractivity contribution in [2.75, 3.05) is 28.2 Å². The number of nitrogens with zero attached hydrogens (tertiary/aromatic N) is 2. The van der Waals surface area contributed by atoms with Gasteiger partial charge in [0.05, 0.1) is 4.86 Å². The smallest absolute Gasteiger partial charge is 0.0522 e. The lowest BCUT2D eigenvalue weighted by atomic mass is 10.0. The van der Waals surface area contributed by atoms with Crippen molar-refractivity contribution in [3.63, 3.8) is 0 Å². The van der Waals surface area contributed by atoms with Crippen LogP contribution in [0.15, 0.2) is 48.5 Å². The molecule has 0 radical (unpaired) electrons. The maximum absolute atomic E-state index is 5.71. The third kappa shape index (κ3) is 4.73. The molecule has 0 amide bonds. The van der Waals surface area contributed by atoms with Crippen LogP contribution in [0.25, 0.3) is 0 Å². The molecule has 2 aromatic carbocycles. The fraction of sp³-hybridized carbons (Fsp3) is 0.316. The van der Waals surface area contributed by atoms with Gasteiger partial charge in [-0.2, -0.15) is 0 Å². The zero-order chi connectivity index (χ0) is 16.1. The second-order valence-electron chi connectivity index (χ2n) is 6.21. The zero-order valence-corrected chi connectivity index (χ0v) is 14.7. The van der Waals surface area contributed by atoms with Crippen molar-refractivity contribution < 1.29 is 0 Å². The topological polar surface area (TPSA) is 6.48 Å². The van der Waals surface area contributed by atoms with E-state index in [0.29, 0.717) is 0 Å². The molecular weight excluding hydrogens is 288 g/mol. The van der Waals surface area contributed by atoms with Crippen LogP contribution in [0.4, 0.5) is 0 Å². The van der Waals surface area contributed by atoms with Crippen LogP contribution >= 0.6 is 12.2 Å². The highest BCUT2D eigenvalue weighted by molar-refractivity contribution is 7.81. The molecule has 0 saturated carbocycles. The van der Waals surface area contributed by atoms with E-state index in [9.17, 15) is 0 Å². The highest BCUT2D eigenvalue weighted by Crippen LogP contribution is 2.16. The van der Waals surface area contributed by atoms with Gasteiger partial charge in [0, 0.05) is 13.1 Å². The molecule has 0 spiro atoms. The summed E-state index contributed by atoms with van der Waals surface area (Å²) < 4.78 is 0. The Morgan fingerprint density at radius 3 is 1.55 bits per heavy atom. The fourth-order valence-electron chi connectivity index (χ4n) is 2.52. The molecule has 0 N–H and O–H groups in total. The van der Waals surface area contributed by atoms with Crippen molar-refractivity contribution in [2.24, 2.45) is 0 Å². The third-order valence-electron chi connectivity index (χ3n) is 3.38. The molecule has 0 aliphatic rings. The summed E-state index contributed by atoms with van der Waals surface area (Å²) in [6.45, 7) is 1.86. The van der Waals surface area contributed by atoms with Gasteiger partial charge in [-0.15, -0.1) is 0 Å². The second-order valence-corrected chi connectivity index (χ2v) is 6.61. The number of thiocarbonyl (C=S) groups is 1. The molecule has 0 unspecified atom stereocenters. The van der Waals surface area contributed by atoms with Crippen molar-refractivity contribution in [1.29, 1.82) is 0 Å². The van der Waals surface area contributed by atoms with Crippen molar-refractivity contribution in [1.82, 2.24) is 9.80 Å². The van der Waals surface area contributed by atoms with Gasteiger partial charge in [-0.05, 0) is 62.6 Å². The highest BCUT2D eigenvalue weighted by atomic mass is 32.1. The Hall–Kier alpha value is -1.55. The van der Waals surface area contributed by atoms with Gasteiger partial charge in [-0.3, -0.25) is 0 Å². The van der Waals surface area contributed by atoms with E-state index in [1.807, 2.05) is 0 Å². The lowest BCUT2D eigenvalue weighted by molar-refractivity contribution is 0.402. The van der Waals surface area contributed by atoms with Gasteiger partial charge in [-0.25, -0.2) is 0 Å². The summed E-state index contributed by atoms with van der Waals surface area (Å²) in [4.78, 5) is 5.25. The molecule has 0 heterocycles. The van der Waals surface area contributed by atoms with Crippen LogP contribution in [0.2, 0.25) is 0 Å². The predicted molar refractivity (Wildman–Crippen MR) is 98.5 cm³/mol. The van der Waals surface area contributed by atoms with E-state index in [4.69, 9.17) is 12.2 Å². The number of rotatable bonds is 6. The van der Waals surface area contributed by atoms with Crippen LogP contribution in [0.5, 0.6) is 0 Å². The Morgan fingerprint density at radius 1 is 0.773 bits per heavy atom. The molecule has 2 nitrogen and oxygen atoms in total. The molecule has 0 fully saturated rings. The van der Waals surface area contributed by atoms with E-state index in [1.54, 1.807) is 0 Å². The van der Waals surface area contributed by atoms with E-state index < -0.39 is 0 Å². The average Bonchev–Trinajstić information content (AvgIpc) is 2.45. The second kappa shape index (κ2) is 7.63. The van der Waals surface area contributed by atoms with Crippen molar-refractivity contribution in [3.05, 3.63) is 70.8 Å². The van der Waals surface area contributed by atoms with Gasteiger partial charge in [0.1, 0.15) is 0 Å². The molecule has 2 aromatic rings. The Balaban J connectivity index is 2.24. The fourth-order valence-corrected chi connectivity index (χ4v) is 2.77. The van der Waals surface area contributed by atoms with Crippen LogP contribution in [0, 0.1) is 0 Å². The summed E-state index contributed by atoms with van der Waals surface area (Å²) >= 11 is 5.71. The summed E-state index contributed by atoms with van der Waals surface area (Å²) in [7, 11) is 8.32. The maximum atomic E-state index is 5.71. The largest absolute Gasteiger partial charge is 0.305 e. The van der Waals surface area contributed by atoms with Crippen molar-refractivity contribution in [3.8, 4) is 0 Å². The van der Waals surface area contributed by atoms with Gasteiger partial charge < -0.3 is 9.80 Å². The minimum absolute atomic E-state index is 0.918. The first-order chi connectivity index (χ1) is 10.5. The minimum Gasteiger partial charge on any atom is -0.305 e. The quantitative estimate of drug-likeness (QED) is 0.595. The molecule has 0 aliphatic carbocycles. The van der Waals surface area contributed by atoms with E-state index in [1.165, 1.54) is 11.1 Å². The first-order valence-electron chi connectivity index (χ1n) is 7.48. The first-order valence-corrected chi connectivity index (χ1v) is 7.88. The standard InChI is InChI=1S/C19H24N2S/c1-20(2)13-15-7-5-9-17(11-15)19(22)18-10-6-8-16(12-18)14-21(3)4/h5-12H,13-14H2,1-4H3. The van der Waals surface area contributed by atoms with Gasteiger partial charge in [0.2, 0.25) is 0 Å². The molecule has 0 saturated heterocycles. The van der Waals surface area contributed by atoms with E-state index in [0.717, 1.165) is 29.1 Å². The number of benzene rings is 2. The van der Waals surface area contributed by atoms with E-state index in [2.05, 4.69) is 86.5 Å². The van der Waals surface area contributed by atoms with Gasteiger partial charge in [-0.1, -0.05) is 48.6 Å². The Morgan fingerprint density at radius 2 is 1.18 bits per heavy atom. The molecular formula is C19H24N2S. The lowest BCUT2D eigenvalue weighted by Gasteiger charge is -2.13. The molecule has 0 bridgehead atoms. The Labute approximate surface area is 139 Å². The Bertz CT molecular complexity index is 592. The lowest BCUT2D eigenvalue weighted by Crippen LogP contribution is -2.12. The van der Waals surface area contributed by atoms with Crippen molar-refractivity contribution in [2.45, 2.75) is 13.1 Å². The molecule has 0 atom stereocenters. The minimum atomic E-state index is 0.918. The predicted octanol–water partition coefficient (Wildman–Crippen LogP) is 3.58. The normalized spacial score (nSPS) is 11.2. The van der Waals surface area contributed by atoms with Crippen LogP contribution in [-0.2, 0) is 13.1 Å². The highest BCUT2D eigenvalue weighted by Gasteiger charge is 2.07. The average molecular weight is 312 g/mol. The van der Waals surface area contributed by atoms with Crippen LogP contribution < -0.4 is 0 Å². The molecule has 116 valence electrons. The molecule has 0 aromatic heterocycles. The van der Waals surface area contributed by atoms with Gasteiger partial charge in [0.15, 0.2) is 0 Å². The van der Waals surface area contributed by atoms with Crippen LogP contribution in [0.3, 0.4) is 0 Å². The molecule has 3 heteroatoms. The molecule has 0 aliphatic heterocycles. The summed E-state index contributed by atoms with van der Waals surface area (Å²) in [5, 5.41) is 0. The van der Waals surface area contributed by atoms with Crippen molar-refractivity contribution >= 4 is 17.1 Å². The summed E-state index contributed by atoms with van der Waals surface area (Å²) in [6.07, 6.45) is 0. The maximum Gasteiger partial charge on any atom is 0.0522 e. The SMILES string of the molecule is CN(C)Cc1cccc(C(=S)c2cccc(CN(C)C)c2)c1. The summed E-state index contributed by atoms with van der Waals surface area (Å²) in [5.41, 5.74) is 4.82. The van der Waals surface area contributed by atoms with Crippen LogP contribution in [-0.4, -0.2) is 42.9 Å². The summed E-state index contributed by atoms with van der Waals surface area (Å²) in [5.74, 6) is 0. The zero-order valence-electron chi connectivity index (χ0n) is 13.8. The molecule has 2 rings (SSSR count). The monoisotopic (exact) mass is 312 g/mol. The summed E-state index contributed by atoms with van der Waals surface area (Å²) in [6, 6.07) is 17.1. The van der Waals surface area contributed by atoms with Crippen LogP contribution in [0.1, 0.15) is 22.3 Å². The van der Waals surface area contributed by atoms with Gasteiger partial charge in [0.25, 0.3) is 0 Å². The van der Waals surface area contributed by atoms with Gasteiger partial charge >= 0.3 is 0 Å². The Kier molecular flexibility index (Phi) is 5.83.